The van der Waals surface area contributed by atoms with Crippen LogP contribution in [0.5, 0.6) is 0 Å². The van der Waals surface area contributed by atoms with E-state index in [0.717, 1.165) is 5.56 Å². The molecule has 0 saturated carbocycles. The van der Waals surface area contributed by atoms with Crippen molar-refractivity contribution in [2.45, 2.75) is 26.4 Å². The van der Waals surface area contributed by atoms with Crippen molar-refractivity contribution < 1.29 is 13.9 Å². The number of ether oxygens (including phenoxy) is 1. The smallest absolute Gasteiger partial charge is 0.341 e. The van der Waals surface area contributed by atoms with E-state index in [2.05, 4.69) is 10.4 Å². The first kappa shape index (κ1) is 14.3. The van der Waals surface area contributed by atoms with Crippen molar-refractivity contribution >= 4 is 5.97 Å². The molecule has 0 saturated heterocycles. The molecular formula is C14H19N3O3. The summed E-state index contributed by atoms with van der Waals surface area (Å²) in [5, 5.41) is 7.46. The SMILES string of the molecule is COC(=O)c1cc(CN[C@@H](C)c2cnn(C)c2)oc1C. The molecule has 0 fully saturated rings. The third kappa shape index (κ3) is 3.08. The van der Waals surface area contributed by atoms with E-state index in [4.69, 9.17) is 9.15 Å². The third-order valence-electron chi connectivity index (χ3n) is 3.18. The van der Waals surface area contributed by atoms with Crippen molar-refractivity contribution in [1.82, 2.24) is 15.1 Å². The molecule has 2 aromatic rings. The van der Waals surface area contributed by atoms with Gasteiger partial charge in [-0.25, -0.2) is 4.79 Å². The Morgan fingerprint density at radius 3 is 2.95 bits per heavy atom. The second-order valence-electron chi connectivity index (χ2n) is 4.72. The summed E-state index contributed by atoms with van der Waals surface area (Å²) in [5.74, 6) is 0.902. The standard InChI is InChI=1S/C14H19N3O3/c1-9(11-6-16-17(3)8-11)15-7-12-5-13(10(2)20-12)14(18)19-4/h5-6,8-9,15H,7H2,1-4H3/t9-/m0/s1. The van der Waals surface area contributed by atoms with Gasteiger partial charge in [0.1, 0.15) is 17.1 Å². The van der Waals surface area contributed by atoms with Crippen molar-refractivity contribution in [3.63, 3.8) is 0 Å². The van der Waals surface area contributed by atoms with Crippen LogP contribution in [0.1, 0.15) is 40.4 Å². The van der Waals surface area contributed by atoms with Crippen LogP contribution in [0.15, 0.2) is 22.9 Å². The predicted molar refractivity (Wildman–Crippen MR) is 73.2 cm³/mol. The molecule has 0 aliphatic heterocycles. The molecule has 0 aromatic carbocycles. The zero-order valence-corrected chi connectivity index (χ0v) is 12.1. The number of hydrogen-bond acceptors (Lipinski definition) is 5. The van der Waals surface area contributed by atoms with Crippen LogP contribution in [0.3, 0.4) is 0 Å². The molecule has 1 atom stereocenters. The molecule has 0 unspecified atom stereocenters. The molecule has 0 aliphatic carbocycles. The minimum atomic E-state index is -0.377. The fourth-order valence-electron chi connectivity index (χ4n) is 1.98. The van der Waals surface area contributed by atoms with Gasteiger partial charge in [0.15, 0.2) is 0 Å². The first-order valence-corrected chi connectivity index (χ1v) is 6.40. The van der Waals surface area contributed by atoms with Crippen molar-refractivity contribution in [2.24, 2.45) is 7.05 Å². The Hall–Kier alpha value is -2.08. The lowest BCUT2D eigenvalue weighted by Gasteiger charge is -2.10. The number of rotatable bonds is 5. The summed E-state index contributed by atoms with van der Waals surface area (Å²) in [6, 6.07) is 1.86. The third-order valence-corrected chi connectivity index (χ3v) is 3.18. The number of hydrogen-bond donors (Lipinski definition) is 1. The van der Waals surface area contributed by atoms with Crippen molar-refractivity contribution in [3.8, 4) is 0 Å². The summed E-state index contributed by atoms with van der Waals surface area (Å²) in [4.78, 5) is 11.5. The zero-order chi connectivity index (χ0) is 14.7. The fourth-order valence-corrected chi connectivity index (χ4v) is 1.98. The topological polar surface area (TPSA) is 69.3 Å². The number of aromatic nitrogens is 2. The average molecular weight is 277 g/mol. The van der Waals surface area contributed by atoms with Crippen LogP contribution in [-0.4, -0.2) is 22.9 Å². The van der Waals surface area contributed by atoms with Crippen LogP contribution >= 0.6 is 0 Å². The first-order chi connectivity index (χ1) is 9.51. The number of carbonyl (C=O) groups is 1. The van der Waals surface area contributed by atoms with Crippen molar-refractivity contribution in [2.75, 3.05) is 7.11 Å². The van der Waals surface area contributed by atoms with Gasteiger partial charge in [-0.05, 0) is 19.9 Å². The highest BCUT2D eigenvalue weighted by atomic mass is 16.5. The molecule has 0 spiro atoms. The molecule has 2 aromatic heterocycles. The number of furan rings is 1. The van der Waals surface area contributed by atoms with Gasteiger partial charge in [0.25, 0.3) is 0 Å². The first-order valence-electron chi connectivity index (χ1n) is 6.40. The molecule has 0 radical (unpaired) electrons. The second-order valence-corrected chi connectivity index (χ2v) is 4.72. The molecule has 1 N–H and O–H groups in total. The maximum atomic E-state index is 11.5. The van der Waals surface area contributed by atoms with Crippen LogP contribution in [0.2, 0.25) is 0 Å². The van der Waals surface area contributed by atoms with E-state index in [1.807, 2.05) is 26.4 Å². The molecule has 0 amide bonds. The average Bonchev–Trinajstić information content (AvgIpc) is 3.01. The number of esters is 1. The van der Waals surface area contributed by atoms with E-state index >= 15 is 0 Å². The Kier molecular flexibility index (Phi) is 4.24. The van der Waals surface area contributed by atoms with Gasteiger partial charge < -0.3 is 14.5 Å². The molecule has 2 rings (SSSR count). The predicted octanol–water partition coefficient (Wildman–Crippen LogP) is 1.96. The van der Waals surface area contributed by atoms with Crippen LogP contribution in [0.4, 0.5) is 0 Å². The van der Waals surface area contributed by atoms with E-state index < -0.39 is 0 Å². The summed E-state index contributed by atoms with van der Waals surface area (Å²) in [5.41, 5.74) is 1.57. The van der Waals surface area contributed by atoms with E-state index in [9.17, 15) is 4.79 Å². The molecule has 0 aliphatic rings. The Bertz CT molecular complexity index is 601. The quantitative estimate of drug-likeness (QED) is 0.846. The number of carbonyl (C=O) groups excluding carboxylic acids is 1. The number of aryl methyl sites for hydroxylation is 2. The Morgan fingerprint density at radius 2 is 2.35 bits per heavy atom. The van der Waals surface area contributed by atoms with E-state index in [0.29, 0.717) is 23.6 Å². The number of nitrogens with one attached hydrogen (secondary N) is 1. The van der Waals surface area contributed by atoms with Crippen LogP contribution in [0, 0.1) is 6.92 Å². The van der Waals surface area contributed by atoms with Crippen LogP contribution in [0.25, 0.3) is 0 Å². The highest BCUT2D eigenvalue weighted by molar-refractivity contribution is 5.90. The van der Waals surface area contributed by atoms with Gasteiger partial charge in [0.2, 0.25) is 0 Å². The lowest BCUT2D eigenvalue weighted by molar-refractivity contribution is 0.0599. The lowest BCUT2D eigenvalue weighted by Crippen LogP contribution is -2.17. The summed E-state index contributed by atoms with van der Waals surface area (Å²) < 4.78 is 12.0. The molecule has 20 heavy (non-hydrogen) atoms. The second kappa shape index (κ2) is 5.92. The van der Waals surface area contributed by atoms with Gasteiger partial charge >= 0.3 is 5.97 Å². The highest BCUT2D eigenvalue weighted by Crippen LogP contribution is 2.17. The van der Waals surface area contributed by atoms with Crippen molar-refractivity contribution in [3.05, 3.63) is 41.1 Å². The van der Waals surface area contributed by atoms with Crippen LogP contribution in [-0.2, 0) is 18.3 Å². The maximum Gasteiger partial charge on any atom is 0.341 e. The normalized spacial score (nSPS) is 12.4. The van der Waals surface area contributed by atoms with Crippen molar-refractivity contribution in [1.29, 1.82) is 0 Å². The Balaban J connectivity index is 1.99. The van der Waals surface area contributed by atoms with Gasteiger partial charge in [0, 0.05) is 24.8 Å². The summed E-state index contributed by atoms with van der Waals surface area (Å²) in [6.07, 6.45) is 3.79. The Labute approximate surface area is 117 Å². The highest BCUT2D eigenvalue weighted by Gasteiger charge is 2.16. The molecule has 2 heterocycles. The van der Waals surface area contributed by atoms with Gasteiger partial charge in [0.05, 0.1) is 19.9 Å². The van der Waals surface area contributed by atoms with E-state index in [-0.39, 0.29) is 12.0 Å². The van der Waals surface area contributed by atoms with E-state index in [1.54, 1.807) is 17.7 Å². The minimum Gasteiger partial charge on any atom is -0.465 e. The summed E-state index contributed by atoms with van der Waals surface area (Å²) in [7, 11) is 3.24. The van der Waals surface area contributed by atoms with Gasteiger partial charge in [-0.1, -0.05) is 0 Å². The van der Waals surface area contributed by atoms with Gasteiger partial charge in [-0.3, -0.25) is 4.68 Å². The minimum absolute atomic E-state index is 0.149. The molecule has 108 valence electrons. The Morgan fingerprint density at radius 1 is 1.60 bits per heavy atom. The van der Waals surface area contributed by atoms with E-state index in [1.165, 1.54) is 7.11 Å². The summed E-state index contributed by atoms with van der Waals surface area (Å²) >= 11 is 0. The fraction of sp³-hybridized carbons (Fsp3) is 0.429. The molecule has 6 nitrogen and oxygen atoms in total. The largest absolute Gasteiger partial charge is 0.465 e. The number of nitrogens with zero attached hydrogens (tertiary/aromatic N) is 2. The molecular weight excluding hydrogens is 258 g/mol. The van der Waals surface area contributed by atoms with Crippen LogP contribution < -0.4 is 5.32 Å². The molecule has 6 heteroatoms. The van der Waals surface area contributed by atoms with Gasteiger partial charge in [-0.15, -0.1) is 0 Å². The zero-order valence-electron chi connectivity index (χ0n) is 12.1. The van der Waals surface area contributed by atoms with Gasteiger partial charge in [-0.2, -0.15) is 5.10 Å². The maximum absolute atomic E-state index is 11.5. The molecule has 0 bridgehead atoms. The summed E-state index contributed by atoms with van der Waals surface area (Å²) in [6.45, 7) is 4.34. The lowest BCUT2D eigenvalue weighted by atomic mass is 10.2. The number of methoxy groups -OCH3 is 1. The monoisotopic (exact) mass is 277 g/mol.